The lowest BCUT2D eigenvalue weighted by Gasteiger charge is -2.52. The number of nitrogens with one attached hydrogen (secondary N) is 2. The van der Waals surface area contributed by atoms with Crippen LogP contribution in [0.15, 0.2) is 48.5 Å². The molecule has 8 heteroatoms. The van der Waals surface area contributed by atoms with E-state index in [1.165, 1.54) is 16.7 Å². The van der Waals surface area contributed by atoms with Gasteiger partial charge in [0.15, 0.2) is 5.82 Å². The fourth-order valence-corrected chi connectivity index (χ4v) is 5.91. The minimum absolute atomic E-state index is 0.0873. The highest BCUT2D eigenvalue weighted by Gasteiger charge is 2.51. The zero-order chi connectivity index (χ0) is 24.3. The molecule has 0 saturated heterocycles. The Kier molecular flexibility index (Phi) is 6.27. The smallest absolute Gasteiger partial charge is 0.410 e. The van der Waals surface area contributed by atoms with Gasteiger partial charge in [-0.25, -0.2) is 4.79 Å². The maximum atomic E-state index is 12.3. The van der Waals surface area contributed by atoms with Gasteiger partial charge in [0.1, 0.15) is 11.4 Å². The first kappa shape index (κ1) is 23.1. The Morgan fingerprint density at radius 1 is 1.26 bits per heavy atom. The van der Waals surface area contributed by atoms with Crippen LogP contribution in [0.1, 0.15) is 55.1 Å². The molecule has 1 amide bonds. The molecule has 3 N–H and O–H groups in total. The van der Waals surface area contributed by atoms with E-state index in [-0.39, 0.29) is 12.0 Å². The average molecular weight is 472 g/mol. The lowest BCUT2D eigenvalue weighted by molar-refractivity contribution is -0.00804. The highest BCUT2D eigenvalue weighted by Crippen LogP contribution is 2.54. The molecule has 180 valence electrons. The van der Waals surface area contributed by atoms with Crippen LogP contribution in [0.5, 0.6) is 5.75 Å². The molecule has 5 rings (SSSR count). The van der Waals surface area contributed by atoms with E-state index in [1.807, 2.05) is 18.2 Å². The average Bonchev–Trinajstić information content (AvgIpc) is 3.38. The molecule has 0 bridgehead atoms. The number of amides is 1. The lowest BCUT2D eigenvalue weighted by atomic mass is 9.52. The van der Waals surface area contributed by atoms with Gasteiger partial charge in [-0.1, -0.05) is 47.5 Å². The molecule has 2 aromatic carbocycles. The molecule has 1 heterocycles. The molecule has 1 aromatic heterocycles. The number of aryl methyl sites for hydroxylation is 1. The van der Waals surface area contributed by atoms with Crippen LogP contribution in [-0.2, 0) is 24.8 Å². The second-order valence-electron chi connectivity index (χ2n) is 9.55. The van der Waals surface area contributed by atoms with Gasteiger partial charge in [-0.05, 0) is 80.2 Å². The number of rotatable bonds is 5. The Balaban J connectivity index is 1.41. The van der Waals surface area contributed by atoms with E-state index in [1.54, 1.807) is 6.92 Å². The molecule has 8 nitrogen and oxygen atoms in total. The molecule has 0 radical (unpaired) electrons. The van der Waals surface area contributed by atoms with Gasteiger partial charge in [0.2, 0.25) is 0 Å². The van der Waals surface area contributed by atoms with Gasteiger partial charge in [-0.2, -0.15) is 5.21 Å². The predicted octanol–water partition coefficient (Wildman–Crippen LogP) is 3.47. The maximum absolute atomic E-state index is 12.3. The van der Waals surface area contributed by atoms with E-state index < -0.39 is 11.7 Å². The Morgan fingerprint density at radius 2 is 2.11 bits per heavy atom. The normalized spacial score (nSPS) is 24.9. The van der Waals surface area contributed by atoms with Crippen molar-refractivity contribution < 1.29 is 14.6 Å². The third-order valence-corrected chi connectivity index (χ3v) is 7.44. The first-order valence-corrected chi connectivity index (χ1v) is 12.0. The number of fused-ring (bicyclic) bond motifs is 3. The van der Waals surface area contributed by atoms with Crippen LogP contribution in [-0.4, -0.2) is 37.4 Å². The Morgan fingerprint density at radius 3 is 2.89 bits per heavy atom. The summed E-state index contributed by atoms with van der Waals surface area (Å²) in [5.74, 6) is 7.22. The van der Waals surface area contributed by atoms with Gasteiger partial charge in [0, 0.05) is 5.41 Å². The Bertz CT molecular complexity index is 1250. The van der Waals surface area contributed by atoms with Crippen molar-refractivity contribution in [3.63, 3.8) is 0 Å². The van der Waals surface area contributed by atoms with E-state index in [0.29, 0.717) is 30.3 Å². The van der Waals surface area contributed by atoms with Crippen LogP contribution in [0.4, 0.5) is 4.79 Å². The van der Waals surface area contributed by atoms with Crippen LogP contribution in [0.2, 0.25) is 0 Å². The van der Waals surface area contributed by atoms with Crippen molar-refractivity contribution >= 4 is 6.09 Å². The summed E-state index contributed by atoms with van der Waals surface area (Å²) in [6.45, 7) is 1.92. The van der Waals surface area contributed by atoms with E-state index in [0.717, 1.165) is 25.7 Å². The third-order valence-electron chi connectivity index (χ3n) is 7.44. The highest BCUT2D eigenvalue weighted by atomic mass is 16.6. The van der Waals surface area contributed by atoms with Crippen molar-refractivity contribution in [1.29, 1.82) is 0 Å². The monoisotopic (exact) mass is 471 g/mol. The molecule has 2 aliphatic rings. The van der Waals surface area contributed by atoms with Gasteiger partial charge < -0.3 is 15.2 Å². The number of carbonyl (C=O) groups excluding carboxylic acids is 1. The van der Waals surface area contributed by atoms with E-state index in [4.69, 9.17) is 4.74 Å². The van der Waals surface area contributed by atoms with Crippen LogP contribution < -0.4 is 10.1 Å². The summed E-state index contributed by atoms with van der Waals surface area (Å²) in [5.41, 5.74) is 2.78. The number of H-pyrrole nitrogens is 1. The number of tetrazole rings is 1. The number of ether oxygens (including phenoxy) is 1. The molecule has 0 unspecified atom stereocenters. The summed E-state index contributed by atoms with van der Waals surface area (Å²) in [5, 5.41) is 27.2. The van der Waals surface area contributed by atoms with E-state index in [2.05, 4.69) is 68.1 Å². The molecule has 0 spiro atoms. The number of aromatic nitrogens is 4. The summed E-state index contributed by atoms with van der Waals surface area (Å²) in [6, 6.07) is 16.5. The number of hydrogen-bond donors (Lipinski definition) is 3. The van der Waals surface area contributed by atoms with E-state index >= 15 is 0 Å². The van der Waals surface area contributed by atoms with Crippen molar-refractivity contribution in [1.82, 2.24) is 25.9 Å². The maximum Gasteiger partial charge on any atom is 0.412 e. The zero-order valence-electron chi connectivity index (χ0n) is 19.8. The molecule has 3 atom stereocenters. The van der Waals surface area contributed by atoms with E-state index in [9.17, 15) is 9.90 Å². The fraction of sp³-hybridized carbons (Fsp3) is 0.407. The topological polar surface area (TPSA) is 113 Å². The van der Waals surface area contributed by atoms with Crippen LogP contribution >= 0.6 is 0 Å². The van der Waals surface area contributed by atoms with Gasteiger partial charge >= 0.3 is 6.09 Å². The quantitative estimate of drug-likeness (QED) is 0.491. The van der Waals surface area contributed by atoms with Crippen molar-refractivity contribution in [3.05, 3.63) is 71.0 Å². The lowest BCUT2D eigenvalue weighted by Crippen LogP contribution is -2.50. The fourth-order valence-electron chi connectivity index (χ4n) is 5.91. The molecule has 3 aromatic rings. The first-order valence-electron chi connectivity index (χ1n) is 12.0. The molecular weight excluding hydrogens is 442 g/mol. The SMILES string of the molecule is CC#C[C@@]1(O)CC[C@]2(Cc3ccccc3)c3ccc(OC(=O)NCc4nn[nH]n4)cc3CC[C@H]2C1. The zero-order valence-corrected chi connectivity index (χ0v) is 19.8. The standard InChI is InChI=1S/C27H29N5O3/c1-2-12-26(34)13-14-27(16-19-6-4-3-5-7-19)21(17-26)9-8-20-15-22(10-11-23(20)27)35-25(33)28-18-24-29-31-32-30-24/h3-7,10-11,15,21,34H,8-9,13-14,16-18H2,1H3,(H,28,33)(H,29,30,31,32)/t21-,26+,27+/m0/s1. The third kappa shape index (κ3) is 4.77. The summed E-state index contributed by atoms with van der Waals surface area (Å²) >= 11 is 0. The number of aromatic amines is 1. The van der Waals surface area contributed by atoms with Gasteiger partial charge in [0.05, 0.1) is 6.54 Å². The summed E-state index contributed by atoms with van der Waals surface area (Å²) in [4.78, 5) is 12.3. The van der Waals surface area contributed by atoms with Crippen molar-refractivity contribution in [2.75, 3.05) is 0 Å². The molecule has 1 saturated carbocycles. The molecule has 2 aliphatic carbocycles. The summed E-state index contributed by atoms with van der Waals surface area (Å²) < 4.78 is 5.54. The highest BCUT2D eigenvalue weighted by molar-refractivity contribution is 5.70. The number of nitrogens with zero attached hydrogens (tertiary/aromatic N) is 3. The Labute approximate surface area is 204 Å². The van der Waals surface area contributed by atoms with Crippen LogP contribution in [0, 0.1) is 17.8 Å². The van der Waals surface area contributed by atoms with Crippen molar-refractivity contribution in [2.45, 2.75) is 63.0 Å². The minimum Gasteiger partial charge on any atom is -0.410 e. The van der Waals surface area contributed by atoms with Crippen LogP contribution in [0.3, 0.4) is 0 Å². The number of carbonyl (C=O) groups is 1. The second-order valence-corrected chi connectivity index (χ2v) is 9.55. The van der Waals surface area contributed by atoms with Crippen molar-refractivity contribution in [2.24, 2.45) is 5.92 Å². The second kappa shape index (κ2) is 9.51. The van der Waals surface area contributed by atoms with Gasteiger partial charge in [-0.3, -0.25) is 0 Å². The largest absolute Gasteiger partial charge is 0.412 e. The van der Waals surface area contributed by atoms with Gasteiger partial charge in [-0.15, -0.1) is 16.1 Å². The molecule has 1 fully saturated rings. The summed E-state index contributed by atoms with van der Waals surface area (Å²) in [7, 11) is 0. The molecule has 35 heavy (non-hydrogen) atoms. The van der Waals surface area contributed by atoms with Gasteiger partial charge in [0.25, 0.3) is 0 Å². The number of aliphatic hydroxyl groups is 1. The minimum atomic E-state index is -0.920. The predicted molar refractivity (Wildman–Crippen MR) is 129 cm³/mol. The summed E-state index contributed by atoms with van der Waals surface area (Å²) in [6.07, 6.45) is 4.35. The van der Waals surface area contributed by atoms with Crippen LogP contribution in [0.25, 0.3) is 0 Å². The molecular formula is C27H29N5O3. The van der Waals surface area contributed by atoms with Crippen molar-refractivity contribution in [3.8, 4) is 17.6 Å². The molecule has 0 aliphatic heterocycles. The number of benzene rings is 2. The first-order chi connectivity index (χ1) is 17.0. The Hall–Kier alpha value is -3.70. The number of hydrogen-bond acceptors (Lipinski definition) is 6.